The molecule has 6 heteroatoms. The Bertz CT molecular complexity index is 712. The summed E-state index contributed by atoms with van der Waals surface area (Å²) >= 11 is 0. The fourth-order valence-corrected chi connectivity index (χ4v) is 2.84. The molecule has 0 radical (unpaired) electrons. The number of oxazole rings is 1. The van der Waals surface area contributed by atoms with Gasteiger partial charge >= 0.3 is 0 Å². The van der Waals surface area contributed by atoms with Gasteiger partial charge in [-0.15, -0.1) is 0 Å². The lowest BCUT2D eigenvalue weighted by Crippen LogP contribution is -2.46. The number of aromatic nitrogens is 1. The standard InChI is InChI=1S/C17H22FN3O2/c1-17(2,3)15(22)21-8-6-12(7-9-21)19-16-20-13-5-4-11(18)10-14(13)23-16/h4-5,10,12H,6-9H2,1-3H3,(H,19,20). The molecule has 1 aromatic heterocycles. The van der Waals surface area contributed by atoms with Crippen molar-refractivity contribution in [2.24, 2.45) is 5.41 Å². The summed E-state index contributed by atoms with van der Waals surface area (Å²) < 4.78 is 18.7. The fourth-order valence-electron chi connectivity index (χ4n) is 2.84. The van der Waals surface area contributed by atoms with Crippen LogP contribution in [-0.4, -0.2) is 34.9 Å². The summed E-state index contributed by atoms with van der Waals surface area (Å²) in [5.41, 5.74) is 0.729. The van der Waals surface area contributed by atoms with Crippen LogP contribution in [0.4, 0.5) is 10.4 Å². The number of nitrogens with zero attached hydrogens (tertiary/aromatic N) is 2. The van der Waals surface area contributed by atoms with E-state index in [2.05, 4.69) is 10.3 Å². The molecule has 1 N–H and O–H groups in total. The highest BCUT2D eigenvalue weighted by molar-refractivity contribution is 5.81. The Kier molecular flexibility index (Phi) is 4.00. The van der Waals surface area contributed by atoms with Gasteiger partial charge in [-0.2, -0.15) is 4.98 Å². The number of hydrogen-bond acceptors (Lipinski definition) is 4. The molecule has 5 nitrogen and oxygen atoms in total. The summed E-state index contributed by atoms with van der Waals surface area (Å²) in [6.45, 7) is 7.27. The predicted molar refractivity (Wildman–Crippen MR) is 86.6 cm³/mol. The predicted octanol–water partition coefficient (Wildman–Crippen LogP) is 3.42. The molecule has 1 saturated heterocycles. The van der Waals surface area contributed by atoms with Crippen LogP contribution in [0.25, 0.3) is 11.1 Å². The van der Waals surface area contributed by atoms with Crippen LogP contribution in [0.15, 0.2) is 22.6 Å². The number of piperidine rings is 1. The SMILES string of the molecule is CC(C)(C)C(=O)N1CCC(Nc2nc3ccc(F)cc3o2)CC1. The Labute approximate surface area is 134 Å². The molecule has 1 aliphatic heterocycles. The average molecular weight is 319 g/mol. The summed E-state index contributed by atoms with van der Waals surface area (Å²) in [7, 11) is 0. The number of amides is 1. The van der Waals surface area contributed by atoms with E-state index < -0.39 is 0 Å². The second kappa shape index (κ2) is 5.83. The van der Waals surface area contributed by atoms with Gasteiger partial charge in [-0.25, -0.2) is 4.39 Å². The van der Waals surface area contributed by atoms with Gasteiger partial charge in [0.2, 0.25) is 5.91 Å². The van der Waals surface area contributed by atoms with Crippen molar-refractivity contribution in [3.05, 3.63) is 24.0 Å². The second-order valence-electron chi connectivity index (χ2n) is 7.09. The zero-order chi connectivity index (χ0) is 16.6. The van der Waals surface area contributed by atoms with Gasteiger partial charge in [-0.3, -0.25) is 4.79 Å². The van der Waals surface area contributed by atoms with Gasteiger partial charge in [-0.05, 0) is 25.0 Å². The monoisotopic (exact) mass is 319 g/mol. The molecule has 124 valence electrons. The molecule has 2 aromatic rings. The van der Waals surface area contributed by atoms with Crippen LogP contribution in [0, 0.1) is 11.2 Å². The minimum absolute atomic E-state index is 0.188. The molecule has 0 atom stereocenters. The normalized spacial score (nSPS) is 16.8. The molecule has 0 spiro atoms. The third-order valence-electron chi connectivity index (χ3n) is 4.10. The minimum Gasteiger partial charge on any atom is -0.423 e. The van der Waals surface area contributed by atoms with Crippen molar-refractivity contribution in [3.63, 3.8) is 0 Å². The summed E-state index contributed by atoms with van der Waals surface area (Å²) in [6, 6.07) is 4.91. The highest BCUT2D eigenvalue weighted by atomic mass is 19.1. The largest absolute Gasteiger partial charge is 0.423 e. The van der Waals surface area contributed by atoms with Crippen molar-refractivity contribution < 1.29 is 13.6 Å². The molecule has 0 unspecified atom stereocenters. The molecule has 2 heterocycles. The highest BCUT2D eigenvalue weighted by Crippen LogP contribution is 2.24. The van der Waals surface area contributed by atoms with Crippen molar-refractivity contribution in [2.45, 2.75) is 39.7 Å². The van der Waals surface area contributed by atoms with Gasteiger partial charge in [0.25, 0.3) is 6.01 Å². The van der Waals surface area contributed by atoms with Gasteiger partial charge in [0.15, 0.2) is 5.58 Å². The average Bonchev–Trinajstić information content (AvgIpc) is 2.87. The van der Waals surface area contributed by atoms with Crippen LogP contribution in [0.1, 0.15) is 33.6 Å². The topological polar surface area (TPSA) is 58.4 Å². The van der Waals surface area contributed by atoms with Crippen molar-refractivity contribution in [2.75, 3.05) is 18.4 Å². The number of rotatable bonds is 2. The number of carbonyl (C=O) groups is 1. The van der Waals surface area contributed by atoms with E-state index in [1.165, 1.54) is 12.1 Å². The number of benzene rings is 1. The van der Waals surface area contributed by atoms with Crippen molar-refractivity contribution in [1.29, 1.82) is 0 Å². The van der Waals surface area contributed by atoms with E-state index in [0.717, 1.165) is 25.9 Å². The molecule has 0 bridgehead atoms. The van der Waals surface area contributed by atoms with Gasteiger partial charge in [0.05, 0.1) is 0 Å². The van der Waals surface area contributed by atoms with Crippen LogP contribution in [0.5, 0.6) is 0 Å². The van der Waals surface area contributed by atoms with E-state index in [0.29, 0.717) is 17.1 Å². The zero-order valence-electron chi connectivity index (χ0n) is 13.7. The van der Waals surface area contributed by atoms with E-state index in [1.807, 2.05) is 25.7 Å². The maximum absolute atomic E-state index is 13.2. The number of fused-ring (bicyclic) bond motifs is 1. The smallest absolute Gasteiger partial charge is 0.295 e. The van der Waals surface area contributed by atoms with Gasteiger partial charge in [-0.1, -0.05) is 20.8 Å². The zero-order valence-corrected chi connectivity index (χ0v) is 13.7. The molecular formula is C17H22FN3O2. The first-order valence-corrected chi connectivity index (χ1v) is 7.95. The molecular weight excluding hydrogens is 297 g/mol. The van der Waals surface area contributed by atoms with E-state index >= 15 is 0 Å². The van der Waals surface area contributed by atoms with E-state index in [-0.39, 0.29) is 23.2 Å². The molecule has 1 fully saturated rings. The van der Waals surface area contributed by atoms with Crippen LogP contribution < -0.4 is 5.32 Å². The molecule has 1 aliphatic rings. The number of anilines is 1. The molecule has 1 amide bonds. The number of halogens is 1. The molecule has 3 rings (SSSR count). The van der Waals surface area contributed by atoms with Crippen LogP contribution in [0.3, 0.4) is 0 Å². The van der Waals surface area contributed by atoms with Gasteiger partial charge < -0.3 is 14.6 Å². The number of nitrogens with one attached hydrogen (secondary N) is 1. The minimum atomic E-state index is -0.343. The Morgan fingerprint density at radius 1 is 1.35 bits per heavy atom. The Hall–Kier alpha value is -2.11. The Morgan fingerprint density at radius 3 is 2.70 bits per heavy atom. The second-order valence-corrected chi connectivity index (χ2v) is 7.09. The summed E-state index contributed by atoms with van der Waals surface area (Å²) in [6.07, 6.45) is 1.68. The highest BCUT2D eigenvalue weighted by Gasteiger charge is 2.30. The molecule has 23 heavy (non-hydrogen) atoms. The van der Waals surface area contributed by atoms with Crippen LogP contribution in [0.2, 0.25) is 0 Å². The van der Waals surface area contributed by atoms with Crippen LogP contribution in [-0.2, 0) is 4.79 Å². The van der Waals surface area contributed by atoms with Gasteiger partial charge in [0.1, 0.15) is 11.3 Å². The summed E-state index contributed by atoms with van der Waals surface area (Å²) in [5.74, 6) is -0.150. The lowest BCUT2D eigenvalue weighted by Gasteiger charge is -2.35. The van der Waals surface area contributed by atoms with Crippen molar-refractivity contribution in [1.82, 2.24) is 9.88 Å². The first-order valence-electron chi connectivity index (χ1n) is 7.95. The first-order chi connectivity index (χ1) is 10.8. The van der Waals surface area contributed by atoms with Gasteiger partial charge in [0, 0.05) is 30.6 Å². The molecule has 0 aliphatic carbocycles. The Morgan fingerprint density at radius 2 is 2.04 bits per heavy atom. The fraction of sp³-hybridized carbons (Fsp3) is 0.529. The number of hydrogen-bond donors (Lipinski definition) is 1. The van der Waals surface area contributed by atoms with E-state index in [1.54, 1.807) is 6.07 Å². The third kappa shape index (κ3) is 3.46. The lowest BCUT2D eigenvalue weighted by atomic mass is 9.93. The summed E-state index contributed by atoms with van der Waals surface area (Å²) in [4.78, 5) is 18.5. The quantitative estimate of drug-likeness (QED) is 0.921. The number of likely N-dealkylation sites (tertiary alicyclic amines) is 1. The summed E-state index contributed by atoms with van der Waals surface area (Å²) in [5, 5.41) is 3.25. The van der Waals surface area contributed by atoms with Crippen molar-refractivity contribution >= 4 is 23.0 Å². The maximum atomic E-state index is 13.2. The maximum Gasteiger partial charge on any atom is 0.295 e. The number of carbonyl (C=O) groups excluding carboxylic acids is 1. The van der Waals surface area contributed by atoms with E-state index in [4.69, 9.17) is 4.42 Å². The van der Waals surface area contributed by atoms with Crippen molar-refractivity contribution in [3.8, 4) is 0 Å². The van der Waals surface area contributed by atoms with Crippen LogP contribution >= 0.6 is 0 Å². The third-order valence-corrected chi connectivity index (χ3v) is 4.10. The Balaban J connectivity index is 1.61. The van der Waals surface area contributed by atoms with E-state index in [9.17, 15) is 9.18 Å². The lowest BCUT2D eigenvalue weighted by molar-refractivity contribution is -0.140. The molecule has 0 saturated carbocycles. The first kappa shape index (κ1) is 15.8. The molecule has 1 aromatic carbocycles.